The Hall–Kier alpha value is 0.470. The van der Waals surface area contributed by atoms with E-state index in [0.717, 1.165) is 0 Å². The van der Waals surface area contributed by atoms with Gasteiger partial charge in [-0.2, -0.15) is 0 Å². The molecule has 0 aliphatic carbocycles. The van der Waals surface area contributed by atoms with Gasteiger partial charge in [-0.1, -0.05) is 6.58 Å². The molecule has 0 heterocycles. The molecule has 0 saturated heterocycles. The van der Waals surface area contributed by atoms with E-state index < -0.39 is 5.97 Å². The van der Waals surface area contributed by atoms with E-state index in [9.17, 15) is 4.79 Å². The van der Waals surface area contributed by atoms with Crippen LogP contribution in [-0.2, 0) is 4.79 Å². The topological polar surface area (TPSA) is 37.3 Å². The number of hydrogen-bond donors (Lipinski definition) is 1. The van der Waals surface area contributed by atoms with Gasteiger partial charge in [0.15, 0.2) is 0 Å². The monoisotopic (exact) mass is 126 g/mol. The third kappa shape index (κ3) is 6.47. The quantitative estimate of drug-likeness (QED) is 0.523. The zero-order valence-corrected chi connectivity index (χ0v) is 4.62. The maximum atomic E-state index is 9.60. The second-order valence-electron chi connectivity index (χ2n) is 1.09. The maximum absolute atomic E-state index is 9.60. The fourth-order valence-electron chi connectivity index (χ4n) is 0. The average Bonchev–Trinajstić information content (AvgIpc) is 1.36. The first-order valence-electron chi connectivity index (χ1n) is 1.53. The minimum atomic E-state index is -0.935. The van der Waals surface area contributed by atoms with Crippen molar-refractivity contribution in [3.63, 3.8) is 0 Å². The van der Waals surface area contributed by atoms with Crippen LogP contribution in [0.15, 0.2) is 12.2 Å². The van der Waals surface area contributed by atoms with Crippen molar-refractivity contribution in [3.8, 4) is 0 Å². The molecule has 0 radical (unpaired) electrons. The molecule has 0 aliphatic heterocycles. The predicted molar refractivity (Wildman–Crippen MR) is 22.4 cm³/mol. The Bertz CT molecular complexity index is 75.7. The molecule has 0 amide bonds. The van der Waals surface area contributed by atoms with Crippen molar-refractivity contribution in [2.24, 2.45) is 0 Å². The molecule has 0 saturated carbocycles. The summed E-state index contributed by atoms with van der Waals surface area (Å²) in [6, 6.07) is 0. The van der Waals surface area contributed by atoms with Gasteiger partial charge < -0.3 is 5.11 Å². The van der Waals surface area contributed by atoms with Crippen molar-refractivity contribution in [1.82, 2.24) is 0 Å². The molecule has 0 unspecified atom stereocenters. The van der Waals surface area contributed by atoms with Crippen LogP contribution in [0.2, 0.25) is 0 Å². The van der Waals surface area contributed by atoms with E-state index in [4.69, 9.17) is 5.11 Å². The first kappa shape index (κ1) is 10.5. The van der Waals surface area contributed by atoms with Gasteiger partial charge >= 0.3 is 5.97 Å². The molecule has 3 heteroatoms. The van der Waals surface area contributed by atoms with Crippen molar-refractivity contribution in [2.75, 3.05) is 0 Å². The van der Waals surface area contributed by atoms with Gasteiger partial charge in [0.1, 0.15) is 0 Å². The molecule has 0 aromatic heterocycles. The summed E-state index contributed by atoms with van der Waals surface area (Å²) >= 11 is 0. The third-order valence-electron chi connectivity index (χ3n) is 0.365. The van der Waals surface area contributed by atoms with Gasteiger partial charge in [0.05, 0.1) is 0 Å². The van der Waals surface area contributed by atoms with Crippen LogP contribution in [0.1, 0.15) is 6.92 Å². The second kappa shape index (κ2) is 4.62. The van der Waals surface area contributed by atoms with Crippen LogP contribution in [0.25, 0.3) is 0 Å². The molecular weight excluding hydrogens is 120 g/mol. The molecule has 2 nitrogen and oxygen atoms in total. The predicted octanol–water partition coefficient (Wildman–Crippen LogP) is 0.647. The molecular formula is C4H6ArO2. The molecule has 0 rings (SSSR count). The summed E-state index contributed by atoms with van der Waals surface area (Å²) in [6.07, 6.45) is 0. The minimum absolute atomic E-state index is 0. The summed E-state index contributed by atoms with van der Waals surface area (Å²) in [5.41, 5.74) is 0.176. The Morgan fingerprint density at radius 1 is 1.71 bits per heavy atom. The third-order valence-corrected chi connectivity index (χ3v) is 0.365. The van der Waals surface area contributed by atoms with E-state index in [1.54, 1.807) is 0 Å². The Morgan fingerprint density at radius 3 is 1.86 bits per heavy atom. The average molecular weight is 126 g/mol. The Labute approximate surface area is 72.2 Å². The van der Waals surface area contributed by atoms with E-state index in [2.05, 4.69) is 6.58 Å². The Balaban J connectivity index is 0. The second-order valence-corrected chi connectivity index (χ2v) is 1.09. The van der Waals surface area contributed by atoms with Gasteiger partial charge in [-0.25, -0.2) is 4.79 Å². The van der Waals surface area contributed by atoms with E-state index >= 15 is 0 Å². The van der Waals surface area contributed by atoms with Crippen molar-refractivity contribution in [2.45, 2.75) is 6.92 Å². The summed E-state index contributed by atoms with van der Waals surface area (Å²) in [4.78, 5) is 9.60. The molecule has 0 bridgehead atoms. The van der Waals surface area contributed by atoms with Gasteiger partial charge in [0, 0.05) is 43.3 Å². The van der Waals surface area contributed by atoms with E-state index in [1.807, 2.05) is 0 Å². The summed E-state index contributed by atoms with van der Waals surface area (Å²) in [5, 5.41) is 7.89. The zero-order valence-electron chi connectivity index (χ0n) is 3.92. The van der Waals surface area contributed by atoms with Crippen molar-refractivity contribution in [3.05, 3.63) is 12.2 Å². The molecule has 0 aromatic carbocycles. The molecule has 0 spiro atoms. The first-order valence-corrected chi connectivity index (χ1v) is 1.53. The van der Waals surface area contributed by atoms with Crippen LogP contribution in [0.4, 0.5) is 0 Å². The van der Waals surface area contributed by atoms with E-state index in [0.29, 0.717) is 0 Å². The van der Waals surface area contributed by atoms with Crippen LogP contribution < -0.4 is 0 Å². The minimum Gasteiger partial charge on any atom is -0.478 e. The largest absolute Gasteiger partial charge is 0.478 e. The van der Waals surface area contributed by atoms with Gasteiger partial charge in [-0.05, 0) is 6.92 Å². The van der Waals surface area contributed by atoms with E-state index in [1.165, 1.54) is 6.92 Å². The van der Waals surface area contributed by atoms with E-state index in [-0.39, 0.29) is 43.3 Å². The molecule has 42 valence electrons. The van der Waals surface area contributed by atoms with Gasteiger partial charge in [0.2, 0.25) is 0 Å². The smallest absolute Gasteiger partial charge is 0.330 e. The van der Waals surface area contributed by atoms with Crippen LogP contribution in [0, 0.1) is 37.7 Å². The number of rotatable bonds is 1. The van der Waals surface area contributed by atoms with Crippen LogP contribution in [-0.4, -0.2) is 11.1 Å². The molecule has 0 fully saturated rings. The molecule has 0 aliphatic rings. The first-order chi connectivity index (χ1) is 2.64. The number of aliphatic carboxylic acids is 1. The summed E-state index contributed by atoms with van der Waals surface area (Å²) in [5.74, 6) is -0.935. The number of carboxylic acids is 1. The molecule has 0 aromatic rings. The number of hydrogen-bond acceptors (Lipinski definition) is 1. The van der Waals surface area contributed by atoms with Crippen molar-refractivity contribution < 1.29 is 47.6 Å². The Kier molecular flexibility index (Phi) is 6.90. The summed E-state index contributed by atoms with van der Waals surface area (Å²) in [7, 11) is 0. The van der Waals surface area contributed by atoms with Gasteiger partial charge in [0.25, 0.3) is 0 Å². The number of carboxylic acid groups (broad SMARTS) is 1. The van der Waals surface area contributed by atoms with Gasteiger partial charge in [-0.15, -0.1) is 0 Å². The van der Waals surface area contributed by atoms with Crippen LogP contribution in [0.3, 0.4) is 0 Å². The number of carbonyl (C=O) groups is 1. The normalized spacial score (nSPS) is 6.43. The van der Waals surface area contributed by atoms with Crippen molar-refractivity contribution in [1.29, 1.82) is 0 Å². The van der Waals surface area contributed by atoms with Crippen LogP contribution in [0.5, 0.6) is 0 Å². The van der Waals surface area contributed by atoms with Gasteiger partial charge in [-0.3, -0.25) is 0 Å². The fourth-order valence-corrected chi connectivity index (χ4v) is 0. The SMILES string of the molecule is C=C(C)C(=O)O.[Ar]. The maximum Gasteiger partial charge on any atom is 0.330 e. The zero-order chi connectivity index (χ0) is 5.15. The molecule has 7 heavy (non-hydrogen) atoms. The standard InChI is InChI=1S/C4H6O2.Ar/c1-3(2)4(5)6;/h1H2,2H3,(H,5,6);. The Morgan fingerprint density at radius 2 is 1.86 bits per heavy atom. The summed E-state index contributed by atoms with van der Waals surface area (Å²) < 4.78 is 0. The fraction of sp³-hybridized carbons (Fsp3) is 0.250. The van der Waals surface area contributed by atoms with Crippen LogP contribution >= 0.6 is 0 Å². The molecule has 1 N–H and O–H groups in total. The van der Waals surface area contributed by atoms with Crippen molar-refractivity contribution >= 4 is 5.97 Å². The summed E-state index contributed by atoms with van der Waals surface area (Å²) in [6.45, 7) is 4.60. The molecule has 0 atom stereocenters.